The molecule has 0 aliphatic carbocycles. The number of amides is 1. The summed E-state index contributed by atoms with van der Waals surface area (Å²) < 4.78 is 28.3. The van der Waals surface area contributed by atoms with Crippen LogP contribution in [-0.2, 0) is 27.8 Å². The normalized spacial score (nSPS) is 16.0. The zero-order chi connectivity index (χ0) is 23.6. The van der Waals surface area contributed by atoms with Crippen molar-refractivity contribution in [3.63, 3.8) is 0 Å². The summed E-state index contributed by atoms with van der Waals surface area (Å²) in [7, 11) is -0.339. The highest BCUT2D eigenvalue weighted by molar-refractivity contribution is 7.90. The number of aliphatic hydroxyl groups excluding tert-OH is 1. The van der Waals surface area contributed by atoms with Crippen LogP contribution in [0.3, 0.4) is 0 Å². The fourth-order valence-electron chi connectivity index (χ4n) is 4.36. The van der Waals surface area contributed by atoms with Crippen molar-refractivity contribution in [1.82, 2.24) is 13.9 Å². The Hall–Kier alpha value is -3.17. The number of likely N-dealkylation sites (tertiary alicyclic amines) is 1. The number of hydrogen-bond acceptors (Lipinski definition) is 6. The molecule has 0 unspecified atom stereocenters. The van der Waals surface area contributed by atoms with Gasteiger partial charge in [0.15, 0.2) is 0 Å². The Bertz CT molecular complexity index is 1300. The molecular weight excluding hydrogens is 440 g/mol. The minimum atomic E-state index is -3.91. The first-order chi connectivity index (χ1) is 15.8. The summed E-state index contributed by atoms with van der Waals surface area (Å²) in [6.45, 7) is 0.607. The van der Waals surface area contributed by atoms with E-state index in [0.29, 0.717) is 42.9 Å². The molecule has 1 amide bonds. The van der Waals surface area contributed by atoms with E-state index < -0.39 is 16.6 Å². The topological polar surface area (TPSA) is 95.2 Å². The molecule has 1 N–H and O–H groups in total. The molecule has 1 fully saturated rings. The van der Waals surface area contributed by atoms with Crippen molar-refractivity contribution in [2.24, 2.45) is 5.10 Å². The molecule has 9 heteroatoms. The van der Waals surface area contributed by atoms with E-state index >= 15 is 0 Å². The van der Waals surface area contributed by atoms with Crippen molar-refractivity contribution in [2.45, 2.75) is 30.8 Å². The minimum Gasteiger partial charge on any atom is -0.390 e. The molecule has 1 aliphatic heterocycles. The molecule has 0 saturated carbocycles. The van der Waals surface area contributed by atoms with Crippen LogP contribution < -0.4 is 0 Å². The van der Waals surface area contributed by atoms with Crippen LogP contribution in [0.5, 0.6) is 0 Å². The third kappa shape index (κ3) is 4.38. The first kappa shape index (κ1) is 23.0. The minimum absolute atomic E-state index is 0.0962. The molecule has 0 atom stereocenters. The Kier molecular flexibility index (Phi) is 6.53. The lowest BCUT2D eigenvalue weighted by Crippen LogP contribution is -2.43. The zero-order valence-corrected chi connectivity index (χ0v) is 19.6. The Labute approximate surface area is 193 Å². The second-order valence-electron chi connectivity index (χ2n) is 8.22. The van der Waals surface area contributed by atoms with Crippen LogP contribution in [0, 0.1) is 0 Å². The first-order valence-corrected chi connectivity index (χ1v) is 12.4. The number of rotatable bonds is 7. The Balaban J connectivity index is 1.73. The van der Waals surface area contributed by atoms with Gasteiger partial charge in [-0.25, -0.2) is 12.4 Å². The lowest BCUT2D eigenvalue weighted by atomic mass is 10.0. The summed E-state index contributed by atoms with van der Waals surface area (Å²) >= 11 is 0. The molecule has 1 aromatic heterocycles. The molecule has 0 spiro atoms. The van der Waals surface area contributed by atoms with Gasteiger partial charge in [0.25, 0.3) is 15.9 Å². The van der Waals surface area contributed by atoms with Gasteiger partial charge in [-0.3, -0.25) is 4.79 Å². The maximum Gasteiger partial charge on any atom is 0.270 e. The van der Waals surface area contributed by atoms with Crippen molar-refractivity contribution in [3.8, 4) is 0 Å². The van der Waals surface area contributed by atoms with Gasteiger partial charge >= 0.3 is 0 Å². The number of carbonyl (C=O) groups is 1. The van der Waals surface area contributed by atoms with Crippen LogP contribution in [0.25, 0.3) is 10.9 Å². The van der Waals surface area contributed by atoms with E-state index in [1.165, 1.54) is 3.97 Å². The predicted molar refractivity (Wildman–Crippen MR) is 128 cm³/mol. The fraction of sp³-hybridized carbons (Fsp3) is 0.333. The van der Waals surface area contributed by atoms with Gasteiger partial charge in [-0.2, -0.15) is 5.10 Å². The average Bonchev–Trinajstić information content (AvgIpc) is 3.14. The maximum absolute atomic E-state index is 13.5. The monoisotopic (exact) mass is 468 g/mol. The van der Waals surface area contributed by atoms with E-state index in [1.54, 1.807) is 66.5 Å². The Morgan fingerprint density at radius 3 is 2.45 bits per heavy atom. The van der Waals surface area contributed by atoms with E-state index in [-0.39, 0.29) is 10.8 Å². The molecule has 8 nitrogen and oxygen atoms in total. The number of fused-ring (bicyclic) bond motifs is 1. The van der Waals surface area contributed by atoms with E-state index in [1.807, 2.05) is 12.1 Å². The van der Waals surface area contributed by atoms with Gasteiger partial charge in [0, 0.05) is 32.6 Å². The van der Waals surface area contributed by atoms with E-state index in [4.69, 9.17) is 0 Å². The summed E-state index contributed by atoms with van der Waals surface area (Å²) in [5.74, 6) is -0.0962. The van der Waals surface area contributed by atoms with Crippen LogP contribution in [0.2, 0.25) is 0 Å². The zero-order valence-electron chi connectivity index (χ0n) is 18.8. The van der Waals surface area contributed by atoms with Gasteiger partial charge < -0.3 is 15.0 Å². The highest BCUT2D eigenvalue weighted by Crippen LogP contribution is 2.31. The summed E-state index contributed by atoms with van der Waals surface area (Å²) in [6, 6.07) is 15.4. The predicted octanol–water partition coefficient (Wildman–Crippen LogP) is 2.45. The molecule has 0 bridgehead atoms. The Morgan fingerprint density at radius 1 is 1.06 bits per heavy atom. The van der Waals surface area contributed by atoms with Gasteiger partial charge in [-0.05, 0) is 43.0 Å². The second-order valence-corrected chi connectivity index (χ2v) is 10.0. The smallest absolute Gasteiger partial charge is 0.270 e. The lowest BCUT2D eigenvalue weighted by molar-refractivity contribution is -0.125. The molecular formula is C24H28N4O4S. The third-order valence-electron chi connectivity index (χ3n) is 5.80. The average molecular weight is 469 g/mol. The van der Waals surface area contributed by atoms with Gasteiger partial charge in [-0.1, -0.05) is 36.4 Å². The standard InChI is InChI=1S/C24H28N4O4S/c1-26(2)25-21-12-8-15-27(24(21)30)16-14-20-19-11-6-7-13-22(19)28(23(20)17-29)33(31,32)18-9-4-3-5-10-18/h3-7,9-11,13,29H,8,12,14-17H2,1-2H3/b25-21+. The van der Waals surface area contributed by atoms with E-state index in [0.717, 1.165) is 17.4 Å². The highest BCUT2D eigenvalue weighted by atomic mass is 32.2. The molecule has 33 heavy (non-hydrogen) atoms. The summed E-state index contributed by atoms with van der Waals surface area (Å²) in [6.07, 6.45) is 1.90. The second kappa shape index (κ2) is 9.36. The van der Waals surface area contributed by atoms with Crippen molar-refractivity contribution >= 4 is 32.5 Å². The van der Waals surface area contributed by atoms with Gasteiger partial charge in [0.2, 0.25) is 0 Å². The third-order valence-corrected chi connectivity index (χ3v) is 7.57. The number of hydrogen-bond donors (Lipinski definition) is 1. The van der Waals surface area contributed by atoms with Crippen LogP contribution in [0.15, 0.2) is 64.6 Å². The van der Waals surface area contributed by atoms with Crippen LogP contribution in [0.1, 0.15) is 24.1 Å². The summed E-state index contributed by atoms with van der Waals surface area (Å²) in [5.41, 5.74) is 2.10. The number of aliphatic hydroxyl groups is 1. The molecule has 1 saturated heterocycles. The van der Waals surface area contributed by atoms with Gasteiger partial charge in [0.1, 0.15) is 5.71 Å². The quantitative estimate of drug-likeness (QED) is 0.538. The number of carbonyl (C=O) groups excluding carboxylic acids is 1. The highest BCUT2D eigenvalue weighted by Gasteiger charge is 2.28. The molecule has 2 heterocycles. The number of aromatic nitrogens is 1. The molecule has 4 rings (SSSR count). The molecule has 3 aromatic rings. The van der Waals surface area contributed by atoms with E-state index in [2.05, 4.69) is 5.10 Å². The molecule has 0 radical (unpaired) electrons. The van der Waals surface area contributed by atoms with Crippen molar-refractivity contribution in [2.75, 3.05) is 27.2 Å². The molecule has 174 valence electrons. The summed E-state index contributed by atoms with van der Waals surface area (Å²) in [4.78, 5) is 14.8. The van der Waals surface area contributed by atoms with E-state index in [9.17, 15) is 18.3 Å². The van der Waals surface area contributed by atoms with Crippen molar-refractivity contribution in [1.29, 1.82) is 0 Å². The number of para-hydroxylation sites is 1. The molecule has 2 aromatic carbocycles. The van der Waals surface area contributed by atoms with Crippen molar-refractivity contribution < 1.29 is 18.3 Å². The number of nitrogens with zero attached hydrogens (tertiary/aromatic N) is 4. The number of hydrazone groups is 1. The number of piperidine rings is 1. The van der Waals surface area contributed by atoms with Gasteiger partial charge in [0.05, 0.1) is 22.7 Å². The largest absolute Gasteiger partial charge is 0.390 e. The SMILES string of the molecule is CN(C)/N=C1\CCCN(CCc2c(CO)n(S(=O)(=O)c3ccccc3)c3ccccc23)C1=O. The lowest BCUT2D eigenvalue weighted by Gasteiger charge is -2.28. The van der Waals surface area contributed by atoms with Gasteiger partial charge in [-0.15, -0.1) is 0 Å². The molecule has 1 aliphatic rings. The van der Waals surface area contributed by atoms with Crippen LogP contribution >= 0.6 is 0 Å². The van der Waals surface area contributed by atoms with Crippen molar-refractivity contribution in [3.05, 3.63) is 65.9 Å². The first-order valence-electron chi connectivity index (χ1n) is 10.9. The van der Waals surface area contributed by atoms with Crippen LogP contribution in [-0.4, -0.2) is 66.2 Å². The van der Waals surface area contributed by atoms with Crippen LogP contribution in [0.4, 0.5) is 0 Å². The number of benzene rings is 2. The maximum atomic E-state index is 13.5. The summed E-state index contributed by atoms with van der Waals surface area (Å²) in [5, 5.41) is 16.9. The fourth-order valence-corrected chi connectivity index (χ4v) is 5.95. The Morgan fingerprint density at radius 2 is 1.76 bits per heavy atom.